The zero-order valence-corrected chi connectivity index (χ0v) is 12.1. The zero-order chi connectivity index (χ0) is 13.1. The minimum absolute atomic E-state index is 0.735. The van der Waals surface area contributed by atoms with Crippen molar-refractivity contribution in [3.05, 3.63) is 34.9 Å². The van der Waals surface area contributed by atoms with E-state index in [0.717, 1.165) is 12.6 Å². The number of hydrogen-bond acceptors (Lipinski definition) is 2. The smallest absolute Gasteiger partial charge is 0.0356 e. The highest BCUT2D eigenvalue weighted by Crippen LogP contribution is 2.41. The van der Waals surface area contributed by atoms with Gasteiger partial charge in [0.05, 0.1) is 0 Å². The summed E-state index contributed by atoms with van der Waals surface area (Å²) in [6.07, 6.45) is 6.54. The minimum atomic E-state index is 0.735. The van der Waals surface area contributed by atoms with Crippen LogP contribution in [0.25, 0.3) is 0 Å². The first-order valence-electron chi connectivity index (χ1n) is 7.95. The molecule has 1 heterocycles. The van der Waals surface area contributed by atoms with Crippen LogP contribution in [0.1, 0.15) is 48.9 Å². The largest absolute Gasteiger partial charge is 0.317 e. The van der Waals surface area contributed by atoms with Gasteiger partial charge in [-0.3, -0.25) is 4.90 Å². The molecule has 0 amide bonds. The number of nitrogens with one attached hydrogen (secondary N) is 1. The third kappa shape index (κ3) is 2.70. The first-order valence-corrected chi connectivity index (χ1v) is 7.95. The summed E-state index contributed by atoms with van der Waals surface area (Å²) in [5, 5.41) is 3.42. The lowest BCUT2D eigenvalue weighted by molar-refractivity contribution is 0.182. The zero-order valence-electron chi connectivity index (χ0n) is 12.1. The molecule has 2 heteroatoms. The highest BCUT2D eigenvalue weighted by Gasteiger charge is 2.32. The molecule has 1 aromatic carbocycles. The molecule has 0 saturated heterocycles. The van der Waals surface area contributed by atoms with Crippen LogP contribution in [0, 0.1) is 0 Å². The Morgan fingerprint density at radius 1 is 1.21 bits per heavy atom. The molecule has 1 N–H and O–H groups in total. The third-order valence-electron chi connectivity index (χ3n) is 4.72. The van der Waals surface area contributed by atoms with E-state index in [-0.39, 0.29) is 0 Å². The number of aryl methyl sites for hydroxylation is 1. The van der Waals surface area contributed by atoms with Gasteiger partial charge in [0.15, 0.2) is 0 Å². The Labute approximate surface area is 117 Å². The molecule has 2 nitrogen and oxygen atoms in total. The molecule has 0 radical (unpaired) electrons. The average Bonchev–Trinajstić information content (AvgIpc) is 2.87. The van der Waals surface area contributed by atoms with Gasteiger partial charge in [-0.1, -0.05) is 25.1 Å². The van der Waals surface area contributed by atoms with E-state index in [2.05, 4.69) is 35.3 Å². The average molecular weight is 258 g/mol. The van der Waals surface area contributed by atoms with E-state index < -0.39 is 0 Å². The van der Waals surface area contributed by atoms with Crippen LogP contribution in [0.2, 0.25) is 0 Å². The van der Waals surface area contributed by atoms with Gasteiger partial charge in [0.25, 0.3) is 0 Å². The van der Waals surface area contributed by atoms with E-state index >= 15 is 0 Å². The van der Waals surface area contributed by atoms with Gasteiger partial charge in [-0.15, -0.1) is 0 Å². The molecule has 0 aromatic heterocycles. The van der Waals surface area contributed by atoms with Crippen molar-refractivity contribution in [1.29, 1.82) is 0 Å². The Bertz CT molecular complexity index is 427. The van der Waals surface area contributed by atoms with Crippen LogP contribution >= 0.6 is 0 Å². The fourth-order valence-corrected chi connectivity index (χ4v) is 3.76. The Morgan fingerprint density at radius 2 is 2.05 bits per heavy atom. The summed E-state index contributed by atoms with van der Waals surface area (Å²) >= 11 is 0. The number of benzene rings is 1. The molecule has 19 heavy (non-hydrogen) atoms. The summed E-state index contributed by atoms with van der Waals surface area (Å²) < 4.78 is 0. The molecule has 104 valence electrons. The fraction of sp³-hybridized carbons (Fsp3) is 0.647. The first-order chi connectivity index (χ1) is 9.40. The molecule has 1 unspecified atom stereocenters. The van der Waals surface area contributed by atoms with Gasteiger partial charge in [-0.05, 0) is 68.4 Å². The van der Waals surface area contributed by atoms with Crippen molar-refractivity contribution in [2.45, 2.75) is 45.1 Å². The van der Waals surface area contributed by atoms with Crippen molar-refractivity contribution in [1.82, 2.24) is 10.2 Å². The van der Waals surface area contributed by atoms with Crippen molar-refractivity contribution >= 4 is 0 Å². The number of nitrogens with zero attached hydrogens (tertiary/aromatic N) is 1. The fourth-order valence-electron chi connectivity index (χ4n) is 3.76. The quantitative estimate of drug-likeness (QED) is 0.789. The van der Waals surface area contributed by atoms with E-state index in [1.165, 1.54) is 51.7 Å². The van der Waals surface area contributed by atoms with E-state index in [0.29, 0.717) is 0 Å². The molecule has 1 aromatic rings. The molecule has 2 aliphatic rings. The van der Waals surface area contributed by atoms with Crippen molar-refractivity contribution < 1.29 is 0 Å². The molecular weight excluding hydrogens is 232 g/mol. The van der Waals surface area contributed by atoms with Crippen molar-refractivity contribution in [2.24, 2.45) is 0 Å². The van der Waals surface area contributed by atoms with Crippen LogP contribution in [0.4, 0.5) is 0 Å². The lowest BCUT2D eigenvalue weighted by Gasteiger charge is -2.35. The van der Waals surface area contributed by atoms with Crippen LogP contribution in [-0.4, -0.2) is 31.1 Å². The summed E-state index contributed by atoms with van der Waals surface area (Å²) in [5.41, 5.74) is 4.95. The van der Waals surface area contributed by atoms with Crippen molar-refractivity contribution in [2.75, 3.05) is 26.2 Å². The molecule has 1 aliphatic heterocycles. The lowest BCUT2D eigenvalue weighted by atomic mass is 9.93. The lowest BCUT2D eigenvalue weighted by Crippen LogP contribution is -2.35. The SMILES string of the molecule is CCNCCCCN1CCc2cccc3c2C1CC3. The Kier molecular flexibility index (Phi) is 4.19. The van der Waals surface area contributed by atoms with Crippen LogP contribution in [-0.2, 0) is 12.8 Å². The number of hydrogen-bond donors (Lipinski definition) is 1. The second kappa shape index (κ2) is 6.06. The maximum absolute atomic E-state index is 3.42. The van der Waals surface area contributed by atoms with Crippen molar-refractivity contribution in [3.63, 3.8) is 0 Å². The number of unbranched alkanes of at least 4 members (excludes halogenated alkanes) is 1. The molecule has 0 spiro atoms. The Hall–Kier alpha value is -0.860. The molecule has 1 atom stereocenters. The molecular formula is C17H26N2. The molecule has 0 saturated carbocycles. The maximum atomic E-state index is 3.42. The predicted octanol–water partition coefficient (Wildman–Crippen LogP) is 2.92. The van der Waals surface area contributed by atoms with Crippen LogP contribution in [0.15, 0.2) is 18.2 Å². The minimum Gasteiger partial charge on any atom is -0.317 e. The number of rotatable bonds is 6. The van der Waals surface area contributed by atoms with Gasteiger partial charge in [0, 0.05) is 12.6 Å². The van der Waals surface area contributed by atoms with Gasteiger partial charge in [-0.2, -0.15) is 0 Å². The summed E-state index contributed by atoms with van der Waals surface area (Å²) in [6.45, 7) is 7.01. The highest BCUT2D eigenvalue weighted by atomic mass is 15.2. The van der Waals surface area contributed by atoms with Crippen molar-refractivity contribution in [3.8, 4) is 0 Å². The van der Waals surface area contributed by atoms with Crippen LogP contribution in [0.5, 0.6) is 0 Å². The van der Waals surface area contributed by atoms with Gasteiger partial charge in [-0.25, -0.2) is 0 Å². The predicted molar refractivity (Wildman–Crippen MR) is 80.6 cm³/mol. The second-order valence-corrected chi connectivity index (χ2v) is 5.89. The maximum Gasteiger partial charge on any atom is 0.0356 e. The molecule has 1 aliphatic carbocycles. The highest BCUT2D eigenvalue weighted by molar-refractivity contribution is 5.43. The normalized spacial score (nSPS) is 21.6. The Balaban J connectivity index is 1.59. The Morgan fingerprint density at radius 3 is 2.89 bits per heavy atom. The van der Waals surface area contributed by atoms with E-state index in [1.807, 2.05) is 0 Å². The topological polar surface area (TPSA) is 15.3 Å². The molecule has 3 rings (SSSR count). The van der Waals surface area contributed by atoms with E-state index in [1.54, 1.807) is 16.7 Å². The van der Waals surface area contributed by atoms with Crippen LogP contribution < -0.4 is 5.32 Å². The summed E-state index contributed by atoms with van der Waals surface area (Å²) in [5.74, 6) is 0. The summed E-state index contributed by atoms with van der Waals surface area (Å²) in [6, 6.07) is 7.68. The monoisotopic (exact) mass is 258 g/mol. The van der Waals surface area contributed by atoms with Gasteiger partial charge in [0.2, 0.25) is 0 Å². The van der Waals surface area contributed by atoms with E-state index in [4.69, 9.17) is 0 Å². The molecule has 0 fully saturated rings. The van der Waals surface area contributed by atoms with E-state index in [9.17, 15) is 0 Å². The summed E-state index contributed by atoms with van der Waals surface area (Å²) in [7, 11) is 0. The van der Waals surface area contributed by atoms with Crippen LogP contribution in [0.3, 0.4) is 0 Å². The first kappa shape index (κ1) is 13.1. The molecule has 0 bridgehead atoms. The van der Waals surface area contributed by atoms with Gasteiger partial charge >= 0.3 is 0 Å². The summed E-state index contributed by atoms with van der Waals surface area (Å²) in [4.78, 5) is 2.74. The van der Waals surface area contributed by atoms with Gasteiger partial charge in [0.1, 0.15) is 0 Å². The second-order valence-electron chi connectivity index (χ2n) is 5.89. The standard InChI is InChI=1S/C17H26N2/c1-2-18-11-3-4-12-19-13-10-15-7-5-6-14-8-9-16(19)17(14)15/h5-7,16,18H,2-4,8-13H2,1H3. The van der Waals surface area contributed by atoms with Gasteiger partial charge < -0.3 is 5.32 Å². The third-order valence-corrected chi connectivity index (χ3v) is 4.72.